The van der Waals surface area contributed by atoms with Crippen molar-refractivity contribution in [3.63, 3.8) is 0 Å². The van der Waals surface area contributed by atoms with Crippen LogP contribution in [0.15, 0.2) is 59.4 Å². The summed E-state index contributed by atoms with van der Waals surface area (Å²) < 4.78 is 6.58. The number of amides is 1. The number of fused-ring (bicyclic) bond motifs is 1. The zero-order valence-corrected chi connectivity index (χ0v) is 20.8. The molecule has 9 heteroatoms. The monoisotopic (exact) mass is 490 g/mol. The Morgan fingerprint density at radius 2 is 1.69 bits per heavy atom. The molecule has 0 unspecified atom stereocenters. The van der Waals surface area contributed by atoms with Crippen molar-refractivity contribution in [1.29, 1.82) is 0 Å². The summed E-state index contributed by atoms with van der Waals surface area (Å²) in [5.74, 6) is -0.788. The van der Waals surface area contributed by atoms with Crippen LogP contribution < -0.4 is 10.9 Å². The van der Waals surface area contributed by atoms with Gasteiger partial charge in [0.15, 0.2) is 0 Å². The Labute approximate surface area is 206 Å². The molecule has 0 bridgehead atoms. The van der Waals surface area contributed by atoms with E-state index in [4.69, 9.17) is 4.74 Å². The molecular formula is C26H26N4O4S. The topological polar surface area (TPSA) is 103 Å². The molecule has 2 aromatic carbocycles. The molecule has 0 saturated heterocycles. The Hall–Kier alpha value is -3.85. The van der Waals surface area contributed by atoms with E-state index < -0.39 is 5.97 Å². The maximum Gasteiger partial charge on any atom is 0.338 e. The van der Waals surface area contributed by atoms with Gasteiger partial charge in [-0.3, -0.25) is 9.59 Å². The Bertz CT molecular complexity index is 1430. The van der Waals surface area contributed by atoms with Gasteiger partial charge in [-0.25, -0.2) is 9.78 Å². The van der Waals surface area contributed by atoms with Crippen LogP contribution in [-0.2, 0) is 23.2 Å². The zero-order valence-electron chi connectivity index (χ0n) is 20.0. The molecule has 0 aliphatic carbocycles. The van der Waals surface area contributed by atoms with Gasteiger partial charge in [0.25, 0.3) is 11.5 Å². The van der Waals surface area contributed by atoms with Gasteiger partial charge in [-0.1, -0.05) is 51.2 Å². The molecule has 2 heterocycles. The molecule has 0 radical (unpaired) electrons. The summed E-state index contributed by atoms with van der Waals surface area (Å²) in [4.78, 5) is 42.1. The molecule has 1 amide bonds. The molecule has 0 atom stereocenters. The van der Waals surface area contributed by atoms with E-state index in [1.165, 1.54) is 21.9 Å². The minimum absolute atomic E-state index is 0.0121. The first-order valence-corrected chi connectivity index (χ1v) is 12.0. The van der Waals surface area contributed by atoms with Crippen molar-refractivity contribution < 1.29 is 14.3 Å². The van der Waals surface area contributed by atoms with Gasteiger partial charge in [0.2, 0.25) is 4.96 Å². The predicted octanol–water partition coefficient (Wildman–Crippen LogP) is 4.62. The minimum atomic E-state index is -0.554. The van der Waals surface area contributed by atoms with Crippen molar-refractivity contribution in [3.8, 4) is 0 Å². The lowest BCUT2D eigenvalue weighted by atomic mass is 9.87. The number of esters is 1. The van der Waals surface area contributed by atoms with Gasteiger partial charge in [-0.05, 0) is 53.8 Å². The van der Waals surface area contributed by atoms with Gasteiger partial charge in [-0.2, -0.15) is 9.61 Å². The number of ether oxygens (including phenoxy) is 1. The summed E-state index contributed by atoms with van der Waals surface area (Å²) in [6.07, 6.45) is 0.706. The van der Waals surface area contributed by atoms with Gasteiger partial charge in [0, 0.05) is 17.3 Å². The van der Waals surface area contributed by atoms with Gasteiger partial charge in [-0.15, -0.1) is 0 Å². The third kappa shape index (κ3) is 5.63. The average molecular weight is 491 g/mol. The fourth-order valence-electron chi connectivity index (χ4n) is 3.35. The van der Waals surface area contributed by atoms with Crippen molar-refractivity contribution in [2.45, 2.75) is 46.1 Å². The maximum absolute atomic E-state index is 12.6. The normalized spacial score (nSPS) is 11.4. The quantitative estimate of drug-likeness (QED) is 0.396. The number of aromatic nitrogens is 3. The lowest BCUT2D eigenvalue weighted by Gasteiger charge is -2.19. The Kier molecular flexibility index (Phi) is 6.79. The highest BCUT2D eigenvalue weighted by Crippen LogP contribution is 2.22. The molecule has 180 valence electrons. The average Bonchev–Trinajstić information content (AvgIpc) is 3.26. The van der Waals surface area contributed by atoms with Crippen LogP contribution in [0.4, 0.5) is 5.69 Å². The molecule has 4 rings (SSSR count). The summed E-state index contributed by atoms with van der Waals surface area (Å²) in [7, 11) is 0. The van der Waals surface area contributed by atoms with E-state index in [1.807, 2.05) is 19.1 Å². The molecule has 0 aliphatic rings. The summed E-state index contributed by atoms with van der Waals surface area (Å²) in [6, 6.07) is 15.2. The van der Waals surface area contributed by atoms with Crippen LogP contribution in [-0.4, -0.2) is 26.5 Å². The second-order valence-corrected chi connectivity index (χ2v) is 10.1. The van der Waals surface area contributed by atoms with Crippen molar-refractivity contribution in [1.82, 2.24) is 14.6 Å². The summed E-state index contributed by atoms with van der Waals surface area (Å²) in [5, 5.41) is 7.83. The zero-order chi connectivity index (χ0) is 25.2. The predicted molar refractivity (Wildman–Crippen MR) is 135 cm³/mol. The van der Waals surface area contributed by atoms with Crippen molar-refractivity contribution in [3.05, 3.63) is 92.3 Å². The van der Waals surface area contributed by atoms with Gasteiger partial charge in [0.1, 0.15) is 11.6 Å². The van der Waals surface area contributed by atoms with E-state index in [0.29, 0.717) is 33.9 Å². The van der Waals surface area contributed by atoms with E-state index in [9.17, 15) is 14.4 Å². The van der Waals surface area contributed by atoms with Crippen LogP contribution in [0.2, 0.25) is 0 Å². The smallest absolute Gasteiger partial charge is 0.338 e. The second kappa shape index (κ2) is 9.79. The highest BCUT2D eigenvalue weighted by atomic mass is 32.1. The highest BCUT2D eigenvalue weighted by Gasteiger charge is 2.15. The Morgan fingerprint density at radius 3 is 2.31 bits per heavy atom. The van der Waals surface area contributed by atoms with Gasteiger partial charge < -0.3 is 10.1 Å². The van der Waals surface area contributed by atoms with Gasteiger partial charge >= 0.3 is 5.97 Å². The number of benzene rings is 2. The number of anilines is 1. The minimum Gasteiger partial charge on any atom is -0.456 e. The van der Waals surface area contributed by atoms with Crippen molar-refractivity contribution >= 4 is 33.9 Å². The molecule has 1 N–H and O–H groups in total. The molecule has 2 aromatic heterocycles. The first-order valence-electron chi connectivity index (χ1n) is 11.2. The van der Waals surface area contributed by atoms with Crippen LogP contribution >= 0.6 is 11.3 Å². The Balaban J connectivity index is 1.37. The third-order valence-electron chi connectivity index (χ3n) is 5.39. The second-order valence-electron chi connectivity index (χ2n) is 9.06. The number of nitrogens with zero attached hydrogens (tertiary/aromatic N) is 3. The van der Waals surface area contributed by atoms with Gasteiger partial charge in [0.05, 0.1) is 11.3 Å². The summed E-state index contributed by atoms with van der Waals surface area (Å²) in [6.45, 7) is 8.17. The molecule has 4 aromatic rings. The van der Waals surface area contributed by atoms with E-state index in [-0.39, 0.29) is 23.5 Å². The van der Waals surface area contributed by atoms with Crippen LogP contribution in [0.5, 0.6) is 0 Å². The Morgan fingerprint density at radius 1 is 1.03 bits per heavy atom. The van der Waals surface area contributed by atoms with Crippen molar-refractivity contribution in [2.75, 3.05) is 5.32 Å². The molecule has 8 nitrogen and oxygen atoms in total. The lowest BCUT2D eigenvalue weighted by molar-refractivity contribution is 0.0467. The van der Waals surface area contributed by atoms with E-state index in [1.54, 1.807) is 36.4 Å². The first kappa shape index (κ1) is 24.3. The van der Waals surface area contributed by atoms with E-state index in [0.717, 1.165) is 10.6 Å². The number of carbonyl (C=O) groups is 2. The SMILES string of the molecule is CCc1nn2c(=O)cc(COC(=O)c3ccc(NC(=O)c4ccc(C(C)(C)C)cc4)cc3)nc2s1. The molecule has 0 fully saturated rings. The fourth-order valence-corrected chi connectivity index (χ4v) is 4.21. The fraction of sp³-hybridized carbons (Fsp3) is 0.269. The summed E-state index contributed by atoms with van der Waals surface area (Å²) >= 11 is 1.33. The number of nitrogens with one attached hydrogen (secondary N) is 1. The number of carbonyl (C=O) groups excluding carboxylic acids is 2. The summed E-state index contributed by atoms with van der Waals surface area (Å²) in [5.41, 5.74) is 2.63. The molecule has 0 aliphatic heterocycles. The van der Waals surface area contributed by atoms with E-state index >= 15 is 0 Å². The standard InChI is InChI=1S/C26H26N4O4S/c1-5-21-29-30-22(31)14-20(28-25(30)35-21)15-34-24(33)17-8-12-19(13-9-17)27-23(32)16-6-10-18(11-7-16)26(2,3)4/h6-14H,5,15H2,1-4H3,(H,27,32). The number of aryl methyl sites for hydroxylation is 1. The molecule has 35 heavy (non-hydrogen) atoms. The van der Waals surface area contributed by atoms with Crippen LogP contribution in [0.3, 0.4) is 0 Å². The molecule has 0 saturated carbocycles. The number of rotatable bonds is 6. The van der Waals surface area contributed by atoms with Crippen molar-refractivity contribution in [2.24, 2.45) is 0 Å². The first-order chi connectivity index (χ1) is 16.6. The third-order valence-corrected chi connectivity index (χ3v) is 6.44. The molecule has 0 spiro atoms. The van der Waals surface area contributed by atoms with Crippen LogP contribution in [0.1, 0.15) is 64.7 Å². The maximum atomic E-state index is 12.6. The van der Waals surface area contributed by atoms with Crippen LogP contribution in [0.25, 0.3) is 4.96 Å². The highest BCUT2D eigenvalue weighted by molar-refractivity contribution is 7.16. The van der Waals surface area contributed by atoms with Crippen LogP contribution in [0, 0.1) is 0 Å². The van der Waals surface area contributed by atoms with E-state index in [2.05, 4.69) is 36.2 Å². The molecular weight excluding hydrogens is 464 g/mol. The largest absolute Gasteiger partial charge is 0.456 e. The number of hydrogen-bond donors (Lipinski definition) is 1. The lowest BCUT2D eigenvalue weighted by Crippen LogP contribution is -2.16. The number of hydrogen-bond acceptors (Lipinski definition) is 7.